The molecule has 0 saturated carbocycles. The summed E-state index contributed by atoms with van der Waals surface area (Å²) in [6, 6.07) is 8.42. The Morgan fingerprint density at radius 1 is 0.971 bits per heavy atom. The number of benzene rings is 1. The molecule has 35 heavy (non-hydrogen) atoms. The monoisotopic (exact) mass is 483 g/mol. The first-order chi connectivity index (χ1) is 16.8. The number of hydrogen-bond acceptors (Lipinski definition) is 4. The zero-order chi connectivity index (χ0) is 25.9. The van der Waals surface area contributed by atoms with E-state index >= 15 is 0 Å². The van der Waals surface area contributed by atoms with Crippen LogP contribution in [0.3, 0.4) is 0 Å². The van der Waals surface area contributed by atoms with Gasteiger partial charge >= 0.3 is 0 Å². The van der Waals surface area contributed by atoms with E-state index in [4.69, 9.17) is 4.74 Å². The van der Waals surface area contributed by atoms with Crippen LogP contribution in [-0.4, -0.2) is 70.3 Å². The van der Waals surface area contributed by atoms with Crippen molar-refractivity contribution < 1.29 is 4.74 Å². The number of rotatable bonds is 20. The summed E-state index contributed by atoms with van der Waals surface area (Å²) in [5.41, 5.74) is 2.58. The third kappa shape index (κ3) is 15.7. The molecule has 0 spiro atoms. The zero-order valence-corrected chi connectivity index (χ0v) is 23.6. The maximum atomic E-state index is 5.97. The van der Waals surface area contributed by atoms with E-state index in [9.17, 15) is 0 Å². The van der Waals surface area contributed by atoms with Gasteiger partial charge in [0.2, 0.25) is 0 Å². The first-order valence-electron chi connectivity index (χ1n) is 13.5. The molecular formula is C31H53N3O. The van der Waals surface area contributed by atoms with Gasteiger partial charge in [0.15, 0.2) is 0 Å². The molecule has 0 radical (unpaired) electrons. The first kappa shape index (κ1) is 31.2. The summed E-state index contributed by atoms with van der Waals surface area (Å²) in [6.07, 6.45) is 15.7. The molecule has 0 aliphatic rings. The minimum absolute atomic E-state index is 0.0105. The van der Waals surface area contributed by atoms with E-state index in [0.29, 0.717) is 0 Å². The van der Waals surface area contributed by atoms with Gasteiger partial charge in [-0.25, -0.2) is 0 Å². The quantitative estimate of drug-likeness (QED) is 0.166. The number of nitrogens with one attached hydrogen (secondary N) is 1. The van der Waals surface area contributed by atoms with Crippen molar-refractivity contribution in [2.75, 3.05) is 60.5 Å². The summed E-state index contributed by atoms with van der Waals surface area (Å²) < 4.78 is 5.97. The summed E-state index contributed by atoms with van der Waals surface area (Å²) >= 11 is 0. The van der Waals surface area contributed by atoms with Gasteiger partial charge < -0.3 is 19.9 Å². The lowest BCUT2D eigenvalue weighted by atomic mass is 9.84. The van der Waals surface area contributed by atoms with Gasteiger partial charge in [-0.05, 0) is 124 Å². The molecule has 1 rings (SSSR count). The lowest BCUT2D eigenvalue weighted by Gasteiger charge is -2.20. The van der Waals surface area contributed by atoms with Crippen molar-refractivity contribution in [1.29, 1.82) is 0 Å². The van der Waals surface area contributed by atoms with Crippen molar-refractivity contribution in [3.8, 4) is 5.75 Å². The predicted octanol–water partition coefficient (Wildman–Crippen LogP) is 6.66. The Kier molecular flexibility index (Phi) is 16.4. The fourth-order valence-electron chi connectivity index (χ4n) is 3.92. The van der Waals surface area contributed by atoms with Gasteiger partial charge in [-0.3, -0.25) is 0 Å². The molecule has 1 atom stereocenters. The number of ether oxygens (including phenoxy) is 1. The Morgan fingerprint density at radius 2 is 1.60 bits per heavy atom. The van der Waals surface area contributed by atoms with Crippen molar-refractivity contribution in [3.05, 3.63) is 60.2 Å². The van der Waals surface area contributed by atoms with Gasteiger partial charge in [-0.2, -0.15) is 0 Å². The van der Waals surface area contributed by atoms with Crippen LogP contribution < -0.4 is 10.1 Å². The second-order valence-corrected chi connectivity index (χ2v) is 10.4. The molecule has 0 aliphatic carbocycles. The van der Waals surface area contributed by atoms with Crippen LogP contribution in [0.5, 0.6) is 5.75 Å². The molecule has 0 unspecified atom stereocenters. The Morgan fingerprint density at radius 3 is 2.20 bits per heavy atom. The second kappa shape index (κ2) is 18.4. The summed E-state index contributed by atoms with van der Waals surface area (Å²) in [6.45, 7) is 17.1. The van der Waals surface area contributed by atoms with E-state index in [1.807, 2.05) is 7.05 Å². The van der Waals surface area contributed by atoms with Crippen LogP contribution in [0.25, 0.3) is 6.08 Å². The fourth-order valence-corrected chi connectivity index (χ4v) is 3.92. The maximum Gasteiger partial charge on any atom is 0.119 e. The highest BCUT2D eigenvalue weighted by atomic mass is 16.5. The molecule has 1 aromatic rings. The highest BCUT2D eigenvalue weighted by Gasteiger charge is 2.15. The van der Waals surface area contributed by atoms with Crippen molar-refractivity contribution >= 4 is 6.08 Å². The van der Waals surface area contributed by atoms with Gasteiger partial charge in [0.25, 0.3) is 0 Å². The molecule has 4 nitrogen and oxygen atoms in total. The van der Waals surface area contributed by atoms with Gasteiger partial charge in [-0.15, -0.1) is 6.58 Å². The molecule has 0 aliphatic heterocycles. The Balaban J connectivity index is 2.24. The minimum Gasteiger partial charge on any atom is -0.494 e. The molecule has 0 aromatic heterocycles. The van der Waals surface area contributed by atoms with Crippen molar-refractivity contribution in [2.24, 2.45) is 5.41 Å². The van der Waals surface area contributed by atoms with E-state index in [2.05, 4.69) is 105 Å². The van der Waals surface area contributed by atoms with Crippen LogP contribution in [0.1, 0.15) is 64.9 Å². The van der Waals surface area contributed by atoms with Crippen LogP contribution in [0.15, 0.2) is 54.6 Å². The summed E-state index contributed by atoms with van der Waals surface area (Å²) in [5.74, 6) is 0.951. The molecular weight excluding hydrogens is 430 g/mol. The van der Waals surface area contributed by atoms with E-state index in [1.165, 1.54) is 43.5 Å². The molecule has 1 N–H and O–H groups in total. The Labute approximate surface area is 217 Å². The highest BCUT2D eigenvalue weighted by molar-refractivity contribution is 5.52. The summed E-state index contributed by atoms with van der Waals surface area (Å²) in [5, 5.41) is 3.21. The number of unbranched alkanes of at least 4 members (excludes halogenated alkanes) is 1. The average molecular weight is 484 g/mol. The van der Waals surface area contributed by atoms with Crippen LogP contribution >= 0.6 is 0 Å². The molecule has 1 aromatic carbocycles. The highest BCUT2D eigenvalue weighted by Crippen LogP contribution is 2.28. The standard InChI is InChI=1S/C31H53N3O/c1-8-31(4,20-11-14-28(2)3)21-19-29-15-17-30(18-16-29)35-27-10-9-23-33(6)25-13-26-34(7)24-12-22-32-5/h8,14-19,21,32H,1,9-13,20,22-27H2,2-7H3/b21-19+/t31-/m1/s1. The lowest BCUT2D eigenvalue weighted by Crippen LogP contribution is -2.28. The van der Waals surface area contributed by atoms with Crippen LogP contribution in [0.4, 0.5) is 0 Å². The van der Waals surface area contributed by atoms with Crippen molar-refractivity contribution in [1.82, 2.24) is 15.1 Å². The summed E-state index contributed by atoms with van der Waals surface area (Å²) in [4.78, 5) is 4.88. The van der Waals surface area contributed by atoms with E-state index in [0.717, 1.165) is 51.3 Å². The molecule has 0 saturated heterocycles. The van der Waals surface area contributed by atoms with E-state index in [1.54, 1.807) is 0 Å². The molecule has 198 valence electrons. The second-order valence-electron chi connectivity index (χ2n) is 10.4. The van der Waals surface area contributed by atoms with Crippen LogP contribution in [0.2, 0.25) is 0 Å². The van der Waals surface area contributed by atoms with Gasteiger partial charge in [-0.1, -0.05) is 48.9 Å². The SMILES string of the molecule is C=C[C@@](C)(/C=C/c1ccc(OCCCCN(C)CCCN(C)CCCNC)cc1)CCC=C(C)C. The topological polar surface area (TPSA) is 27.7 Å². The lowest BCUT2D eigenvalue weighted by molar-refractivity contribution is 0.259. The molecule has 0 fully saturated rings. The van der Waals surface area contributed by atoms with Crippen molar-refractivity contribution in [3.63, 3.8) is 0 Å². The Bertz CT molecular complexity index is 736. The molecule has 0 heterocycles. The summed E-state index contributed by atoms with van der Waals surface area (Å²) in [7, 11) is 6.47. The fraction of sp³-hybridized carbons (Fsp3) is 0.613. The average Bonchev–Trinajstić information content (AvgIpc) is 2.83. The third-order valence-electron chi connectivity index (χ3n) is 6.49. The number of nitrogens with zero attached hydrogens (tertiary/aromatic N) is 2. The van der Waals surface area contributed by atoms with Crippen LogP contribution in [0, 0.1) is 5.41 Å². The zero-order valence-electron chi connectivity index (χ0n) is 23.6. The van der Waals surface area contributed by atoms with E-state index in [-0.39, 0.29) is 5.41 Å². The van der Waals surface area contributed by atoms with Crippen LogP contribution in [-0.2, 0) is 0 Å². The molecule has 0 bridgehead atoms. The normalized spacial score (nSPS) is 13.4. The molecule has 0 amide bonds. The third-order valence-corrected chi connectivity index (χ3v) is 6.49. The van der Waals surface area contributed by atoms with Gasteiger partial charge in [0.05, 0.1) is 6.61 Å². The largest absolute Gasteiger partial charge is 0.494 e. The first-order valence-corrected chi connectivity index (χ1v) is 13.5. The van der Waals surface area contributed by atoms with Crippen molar-refractivity contribution in [2.45, 2.75) is 59.3 Å². The number of hydrogen-bond donors (Lipinski definition) is 1. The van der Waals surface area contributed by atoms with Gasteiger partial charge in [0, 0.05) is 5.41 Å². The minimum atomic E-state index is 0.0105. The van der Waals surface area contributed by atoms with Gasteiger partial charge in [0.1, 0.15) is 5.75 Å². The predicted molar refractivity (Wildman–Crippen MR) is 155 cm³/mol. The molecule has 4 heteroatoms. The number of allylic oxidation sites excluding steroid dienone is 4. The smallest absolute Gasteiger partial charge is 0.119 e. The van der Waals surface area contributed by atoms with E-state index < -0.39 is 0 Å². The Hall–Kier alpha value is -1.88. The maximum absolute atomic E-state index is 5.97.